The maximum Gasteiger partial charge on any atom is 0.0579 e. The lowest BCUT2D eigenvalue weighted by molar-refractivity contribution is -0.134. The summed E-state index contributed by atoms with van der Waals surface area (Å²) in [7, 11) is 0. The molecule has 3 nitrogen and oxygen atoms in total. The molecule has 1 aromatic carbocycles. The first-order chi connectivity index (χ1) is 8.24. The van der Waals surface area contributed by atoms with Crippen molar-refractivity contribution in [3.8, 4) is 0 Å². The van der Waals surface area contributed by atoms with Gasteiger partial charge in [-0.1, -0.05) is 29.8 Å². The second-order valence-electron chi connectivity index (χ2n) is 5.06. The predicted molar refractivity (Wildman–Crippen MR) is 68.1 cm³/mol. The number of ether oxygens (including phenoxy) is 1. The Labute approximate surface area is 103 Å². The minimum Gasteiger partial charge on any atom is -0.396 e. The average Bonchev–Trinajstić information content (AvgIpc) is 2.30. The van der Waals surface area contributed by atoms with Gasteiger partial charge in [0, 0.05) is 6.54 Å². The zero-order chi connectivity index (χ0) is 12.1. The van der Waals surface area contributed by atoms with E-state index in [1.165, 1.54) is 11.1 Å². The molecule has 0 aliphatic carbocycles. The smallest absolute Gasteiger partial charge is 0.0579 e. The van der Waals surface area contributed by atoms with Crippen LogP contribution in [0.1, 0.15) is 11.1 Å². The van der Waals surface area contributed by atoms with Gasteiger partial charge >= 0.3 is 0 Å². The molecule has 1 aliphatic heterocycles. The van der Waals surface area contributed by atoms with E-state index in [9.17, 15) is 5.11 Å². The van der Waals surface area contributed by atoms with Gasteiger partial charge in [0.05, 0.1) is 25.2 Å². The molecule has 1 fully saturated rings. The highest BCUT2D eigenvalue weighted by Crippen LogP contribution is 2.25. The highest BCUT2D eigenvalue weighted by Gasteiger charge is 2.37. The fourth-order valence-electron chi connectivity index (χ4n) is 1.98. The Hall–Kier alpha value is -0.900. The molecule has 0 bridgehead atoms. The highest BCUT2D eigenvalue weighted by molar-refractivity contribution is 5.21. The molecule has 3 heteroatoms. The summed E-state index contributed by atoms with van der Waals surface area (Å²) in [5.74, 6) is 0. The molecule has 2 N–H and O–H groups in total. The van der Waals surface area contributed by atoms with Crippen LogP contribution in [0.4, 0.5) is 0 Å². The molecule has 0 saturated carbocycles. The molecule has 1 aromatic rings. The monoisotopic (exact) mass is 235 g/mol. The molecule has 0 amide bonds. The first-order valence-electron chi connectivity index (χ1n) is 6.19. The fourth-order valence-corrected chi connectivity index (χ4v) is 1.98. The summed E-state index contributed by atoms with van der Waals surface area (Å²) in [4.78, 5) is 0. The molecular weight excluding hydrogens is 214 g/mol. The summed E-state index contributed by atoms with van der Waals surface area (Å²) in [5.41, 5.74) is 2.63. The summed E-state index contributed by atoms with van der Waals surface area (Å²) >= 11 is 0. The molecule has 2 rings (SSSR count). The van der Waals surface area contributed by atoms with E-state index in [0.29, 0.717) is 13.2 Å². The number of aryl methyl sites for hydroxylation is 1. The van der Waals surface area contributed by atoms with Gasteiger partial charge in [0.25, 0.3) is 0 Å². The van der Waals surface area contributed by atoms with Gasteiger partial charge in [-0.2, -0.15) is 0 Å². The van der Waals surface area contributed by atoms with Gasteiger partial charge in [-0.25, -0.2) is 0 Å². The maximum absolute atomic E-state index is 9.26. The Bertz CT molecular complexity index is 338. The van der Waals surface area contributed by atoms with Crippen LogP contribution in [0.15, 0.2) is 24.3 Å². The number of rotatable bonds is 6. The van der Waals surface area contributed by atoms with Gasteiger partial charge in [0.2, 0.25) is 0 Å². The number of hydrogen-bond donors (Lipinski definition) is 2. The minimum atomic E-state index is -0.0206. The van der Waals surface area contributed by atoms with Crippen LogP contribution in [-0.2, 0) is 11.2 Å². The SMILES string of the molecule is Cc1ccc(CCNCC2(CO)COC2)cc1. The topological polar surface area (TPSA) is 41.5 Å². The van der Waals surface area contributed by atoms with Crippen molar-refractivity contribution in [1.82, 2.24) is 5.32 Å². The molecule has 0 spiro atoms. The van der Waals surface area contributed by atoms with Gasteiger partial charge in [0.15, 0.2) is 0 Å². The lowest BCUT2D eigenvalue weighted by Gasteiger charge is -2.40. The van der Waals surface area contributed by atoms with Crippen molar-refractivity contribution in [2.75, 3.05) is 32.9 Å². The summed E-state index contributed by atoms with van der Waals surface area (Å²) in [6, 6.07) is 8.63. The number of hydrogen-bond acceptors (Lipinski definition) is 3. The van der Waals surface area contributed by atoms with Crippen molar-refractivity contribution in [3.63, 3.8) is 0 Å². The number of nitrogens with one attached hydrogen (secondary N) is 1. The Morgan fingerprint density at radius 2 is 2.00 bits per heavy atom. The molecule has 1 aliphatic rings. The number of benzene rings is 1. The van der Waals surface area contributed by atoms with Crippen LogP contribution < -0.4 is 5.32 Å². The first kappa shape index (κ1) is 12.6. The van der Waals surface area contributed by atoms with Crippen molar-refractivity contribution in [2.45, 2.75) is 13.3 Å². The second kappa shape index (κ2) is 5.63. The molecule has 0 radical (unpaired) electrons. The van der Waals surface area contributed by atoms with E-state index in [1.807, 2.05) is 0 Å². The van der Waals surface area contributed by atoms with E-state index in [0.717, 1.165) is 19.5 Å². The van der Waals surface area contributed by atoms with Crippen molar-refractivity contribution < 1.29 is 9.84 Å². The lowest BCUT2D eigenvalue weighted by atomic mass is 9.87. The predicted octanol–water partition coefficient (Wildman–Crippen LogP) is 1.14. The Morgan fingerprint density at radius 3 is 2.53 bits per heavy atom. The molecule has 94 valence electrons. The largest absolute Gasteiger partial charge is 0.396 e. The third-order valence-electron chi connectivity index (χ3n) is 3.36. The van der Waals surface area contributed by atoms with E-state index in [1.54, 1.807) is 0 Å². The standard InChI is InChI=1S/C14H21NO2/c1-12-2-4-13(5-3-12)6-7-15-8-14(9-16)10-17-11-14/h2-5,15-16H,6-11H2,1H3. The van der Waals surface area contributed by atoms with Crippen molar-refractivity contribution in [1.29, 1.82) is 0 Å². The third kappa shape index (κ3) is 3.28. The second-order valence-corrected chi connectivity index (χ2v) is 5.06. The number of aliphatic hydroxyl groups is 1. The van der Waals surface area contributed by atoms with E-state index in [-0.39, 0.29) is 12.0 Å². The quantitative estimate of drug-likeness (QED) is 0.726. The highest BCUT2D eigenvalue weighted by atomic mass is 16.5. The molecular formula is C14H21NO2. The van der Waals surface area contributed by atoms with E-state index in [4.69, 9.17) is 4.74 Å². The van der Waals surface area contributed by atoms with E-state index in [2.05, 4.69) is 36.5 Å². The Morgan fingerprint density at radius 1 is 1.29 bits per heavy atom. The molecule has 0 atom stereocenters. The first-order valence-corrected chi connectivity index (χ1v) is 6.19. The number of aliphatic hydroxyl groups excluding tert-OH is 1. The van der Waals surface area contributed by atoms with Crippen LogP contribution in [0.3, 0.4) is 0 Å². The van der Waals surface area contributed by atoms with Crippen LogP contribution in [0.25, 0.3) is 0 Å². The van der Waals surface area contributed by atoms with Gasteiger partial charge in [0.1, 0.15) is 0 Å². The molecule has 17 heavy (non-hydrogen) atoms. The Balaban J connectivity index is 1.67. The third-order valence-corrected chi connectivity index (χ3v) is 3.36. The van der Waals surface area contributed by atoms with E-state index < -0.39 is 0 Å². The van der Waals surface area contributed by atoms with Gasteiger partial charge in [-0.3, -0.25) is 0 Å². The summed E-state index contributed by atoms with van der Waals surface area (Å²) in [6.07, 6.45) is 1.03. The molecule has 1 saturated heterocycles. The molecule has 1 heterocycles. The van der Waals surface area contributed by atoms with Crippen LogP contribution in [0.2, 0.25) is 0 Å². The summed E-state index contributed by atoms with van der Waals surface area (Å²) in [6.45, 7) is 5.47. The maximum atomic E-state index is 9.26. The van der Waals surface area contributed by atoms with E-state index >= 15 is 0 Å². The van der Waals surface area contributed by atoms with Crippen LogP contribution in [0.5, 0.6) is 0 Å². The van der Waals surface area contributed by atoms with Crippen LogP contribution >= 0.6 is 0 Å². The lowest BCUT2D eigenvalue weighted by Crippen LogP contribution is -2.52. The van der Waals surface area contributed by atoms with Crippen LogP contribution in [-0.4, -0.2) is 38.0 Å². The summed E-state index contributed by atoms with van der Waals surface area (Å²) < 4.78 is 5.16. The van der Waals surface area contributed by atoms with Gasteiger partial charge in [-0.05, 0) is 25.5 Å². The van der Waals surface area contributed by atoms with Gasteiger partial charge < -0.3 is 15.2 Å². The minimum absolute atomic E-state index is 0.0206. The zero-order valence-corrected chi connectivity index (χ0v) is 10.4. The average molecular weight is 235 g/mol. The summed E-state index contributed by atoms with van der Waals surface area (Å²) in [5, 5.41) is 12.7. The van der Waals surface area contributed by atoms with Crippen molar-refractivity contribution in [3.05, 3.63) is 35.4 Å². The fraction of sp³-hybridized carbons (Fsp3) is 0.571. The molecule has 0 aromatic heterocycles. The zero-order valence-electron chi connectivity index (χ0n) is 10.4. The van der Waals surface area contributed by atoms with Crippen LogP contribution in [0, 0.1) is 12.3 Å². The molecule has 0 unspecified atom stereocenters. The normalized spacial score (nSPS) is 17.8. The van der Waals surface area contributed by atoms with Gasteiger partial charge in [-0.15, -0.1) is 0 Å². The van der Waals surface area contributed by atoms with Crippen molar-refractivity contribution >= 4 is 0 Å². The van der Waals surface area contributed by atoms with Crippen molar-refractivity contribution in [2.24, 2.45) is 5.41 Å². The Kier molecular flexibility index (Phi) is 4.15.